The summed E-state index contributed by atoms with van der Waals surface area (Å²) in [6.45, 7) is 0.496. The lowest BCUT2D eigenvalue weighted by atomic mass is 10.1. The molecule has 3 amide bonds. The maximum absolute atomic E-state index is 12.5. The lowest BCUT2D eigenvalue weighted by molar-refractivity contribution is -0.144. The quantitative estimate of drug-likeness (QED) is 0.161. The molecule has 160 valence electrons. The Morgan fingerprint density at radius 1 is 0.929 bits per heavy atom. The van der Waals surface area contributed by atoms with Crippen LogP contribution >= 0.6 is 11.8 Å². The van der Waals surface area contributed by atoms with E-state index in [9.17, 15) is 24.0 Å². The normalized spacial score (nSPS) is 14.9. The fourth-order valence-electron chi connectivity index (χ4n) is 1.92. The minimum Gasteiger partial charge on any atom is -0.481 e. The first-order chi connectivity index (χ1) is 13.0. The predicted molar refractivity (Wildman–Crippen MR) is 99.4 cm³/mol. The van der Waals surface area contributed by atoms with Crippen LogP contribution in [0.1, 0.15) is 19.8 Å². The van der Waals surface area contributed by atoms with Gasteiger partial charge in [-0.15, -0.1) is 0 Å². The summed E-state index contributed by atoms with van der Waals surface area (Å²) in [7, 11) is 0. The van der Waals surface area contributed by atoms with E-state index in [1.807, 2.05) is 5.32 Å². The number of rotatable bonds is 13. The molecule has 28 heavy (non-hydrogen) atoms. The van der Waals surface area contributed by atoms with E-state index in [0.29, 0.717) is 5.75 Å². The number of hydrogen-bond donors (Lipinski definition) is 7. The van der Waals surface area contributed by atoms with E-state index < -0.39 is 66.9 Å². The van der Waals surface area contributed by atoms with Crippen LogP contribution in [0.3, 0.4) is 0 Å². The molecule has 0 saturated carbocycles. The van der Waals surface area contributed by atoms with E-state index in [-0.39, 0.29) is 6.42 Å². The van der Waals surface area contributed by atoms with Crippen molar-refractivity contribution in [2.24, 2.45) is 5.73 Å². The number of aliphatic hydroxyl groups is 1. The van der Waals surface area contributed by atoms with Crippen LogP contribution in [-0.2, 0) is 24.0 Å². The molecule has 4 atom stereocenters. The molecule has 0 aliphatic heterocycles. The predicted octanol–water partition coefficient (Wildman–Crippen LogP) is -2.91. The third-order valence-electron chi connectivity index (χ3n) is 3.47. The summed E-state index contributed by atoms with van der Waals surface area (Å²) >= 11 is 1.40. The number of hydrogen-bond acceptors (Lipinski definition) is 8. The minimum atomic E-state index is -1.66. The van der Waals surface area contributed by atoms with Crippen LogP contribution < -0.4 is 21.7 Å². The number of carbonyl (C=O) groups is 5. The Labute approximate surface area is 165 Å². The molecule has 0 spiro atoms. The van der Waals surface area contributed by atoms with Crippen molar-refractivity contribution < 1.29 is 39.3 Å². The fraction of sp³-hybridized carbons (Fsp3) is 0.667. The third-order valence-corrected chi connectivity index (χ3v) is 4.11. The zero-order valence-corrected chi connectivity index (χ0v) is 16.3. The van der Waals surface area contributed by atoms with Gasteiger partial charge in [-0.2, -0.15) is 11.8 Å². The summed E-state index contributed by atoms with van der Waals surface area (Å²) in [5, 5.41) is 33.3. The van der Waals surface area contributed by atoms with Gasteiger partial charge >= 0.3 is 11.9 Å². The molecule has 8 N–H and O–H groups in total. The number of carbonyl (C=O) groups excluding carboxylic acids is 3. The average Bonchev–Trinajstić information content (AvgIpc) is 2.60. The van der Waals surface area contributed by atoms with Crippen molar-refractivity contribution in [3.05, 3.63) is 0 Å². The van der Waals surface area contributed by atoms with Gasteiger partial charge in [0.1, 0.15) is 18.1 Å². The van der Waals surface area contributed by atoms with Crippen LogP contribution in [0.15, 0.2) is 0 Å². The number of aliphatic carboxylic acids is 2. The number of aliphatic hydroxyl groups excluding tert-OH is 1. The van der Waals surface area contributed by atoms with Crippen molar-refractivity contribution in [2.45, 2.75) is 43.9 Å². The van der Waals surface area contributed by atoms with Gasteiger partial charge in [0.05, 0.1) is 19.1 Å². The van der Waals surface area contributed by atoms with Crippen LogP contribution in [0.2, 0.25) is 0 Å². The smallest absolute Gasteiger partial charge is 0.328 e. The summed E-state index contributed by atoms with van der Waals surface area (Å²) in [6, 6.07) is -5.22. The molecule has 0 fully saturated rings. The largest absolute Gasteiger partial charge is 0.481 e. The Morgan fingerprint density at radius 2 is 1.43 bits per heavy atom. The Balaban J connectivity index is 5.30. The maximum atomic E-state index is 12.5. The van der Waals surface area contributed by atoms with Crippen LogP contribution in [0, 0.1) is 0 Å². The molecule has 0 aromatic carbocycles. The Morgan fingerprint density at radius 3 is 1.86 bits per heavy atom. The standard InChI is InChI=1S/C15H26N4O8S/c1-7(16)12(23)17-8(3-4-28-2)13(24)18-9(5-11(21)22)14(25)19-10(6-20)15(26)27/h7-10,20H,3-6,16H2,1-2H3,(H,17,23)(H,18,24)(H,19,25)(H,21,22)(H,26,27). The van der Waals surface area contributed by atoms with Gasteiger partial charge in [0.25, 0.3) is 0 Å². The summed E-state index contributed by atoms with van der Waals surface area (Å²) < 4.78 is 0. The Kier molecular flexibility index (Phi) is 11.8. The molecule has 0 aliphatic carbocycles. The van der Waals surface area contributed by atoms with Gasteiger partial charge < -0.3 is 37.0 Å². The zero-order valence-electron chi connectivity index (χ0n) is 15.5. The lowest BCUT2D eigenvalue weighted by Crippen LogP contribution is -2.57. The van der Waals surface area contributed by atoms with Gasteiger partial charge in [0.2, 0.25) is 17.7 Å². The average molecular weight is 422 g/mol. The molecule has 0 rings (SSSR count). The molecule has 0 radical (unpaired) electrons. The monoisotopic (exact) mass is 422 g/mol. The third kappa shape index (κ3) is 9.53. The van der Waals surface area contributed by atoms with Crippen molar-refractivity contribution in [3.8, 4) is 0 Å². The topological polar surface area (TPSA) is 208 Å². The fourth-order valence-corrected chi connectivity index (χ4v) is 2.39. The summed E-state index contributed by atoms with van der Waals surface area (Å²) in [4.78, 5) is 58.4. The van der Waals surface area contributed by atoms with E-state index in [2.05, 4.69) is 10.6 Å². The van der Waals surface area contributed by atoms with Crippen molar-refractivity contribution in [1.82, 2.24) is 16.0 Å². The first-order valence-electron chi connectivity index (χ1n) is 8.24. The SMILES string of the molecule is CSCCC(NC(=O)C(C)N)C(=O)NC(CC(=O)O)C(=O)NC(CO)C(=O)O. The molecule has 0 bridgehead atoms. The van der Waals surface area contributed by atoms with Gasteiger partial charge in [-0.05, 0) is 25.4 Å². The van der Waals surface area contributed by atoms with Gasteiger partial charge in [0.15, 0.2) is 0 Å². The van der Waals surface area contributed by atoms with Crippen molar-refractivity contribution in [1.29, 1.82) is 0 Å². The first-order valence-corrected chi connectivity index (χ1v) is 9.63. The number of amides is 3. The van der Waals surface area contributed by atoms with E-state index >= 15 is 0 Å². The number of carboxylic acids is 2. The van der Waals surface area contributed by atoms with Crippen LogP contribution in [0.4, 0.5) is 0 Å². The zero-order chi connectivity index (χ0) is 21.9. The molecule has 0 aromatic heterocycles. The highest BCUT2D eigenvalue weighted by Crippen LogP contribution is 2.04. The molecule has 0 aliphatic rings. The Hall–Kier alpha value is -2.38. The van der Waals surface area contributed by atoms with Gasteiger partial charge in [-0.1, -0.05) is 0 Å². The highest BCUT2D eigenvalue weighted by molar-refractivity contribution is 7.98. The van der Waals surface area contributed by atoms with E-state index in [1.165, 1.54) is 18.7 Å². The lowest BCUT2D eigenvalue weighted by Gasteiger charge is -2.23. The van der Waals surface area contributed by atoms with Crippen molar-refractivity contribution in [2.75, 3.05) is 18.6 Å². The summed E-state index contributed by atoms with van der Waals surface area (Å²) in [6.07, 6.45) is 1.15. The van der Waals surface area contributed by atoms with Crippen LogP contribution in [0.5, 0.6) is 0 Å². The Bertz CT molecular complexity index is 586. The second kappa shape index (κ2) is 12.9. The maximum Gasteiger partial charge on any atom is 0.328 e. The van der Waals surface area contributed by atoms with E-state index in [0.717, 1.165) is 0 Å². The number of carboxylic acid groups (broad SMARTS) is 2. The summed E-state index contributed by atoms with van der Waals surface area (Å²) in [5.41, 5.74) is 5.46. The molecular formula is C15H26N4O8S. The molecular weight excluding hydrogens is 396 g/mol. The molecule has 0 saturated heterocycles. The highest BCUT2D eigenvalue weighted by Gasteiger charge is 2.30. The van der Waals surface area contributed by atoms with Crippen molar-refractivity contribution >= 4 is 41.4 Å². The first kappa shape index (κ1) is 25.6. The number of nitrogens with one attached hydrogen (secondary N) is 3. The number of nitrogens with two attached hydrogens (primary N) is 1. The number of thioether (sulfide) groups is 1. The molecule has 0 aromatic rings. The van der Waals surface area contributed by atoms with Crippen LogP contribution in [0.25, 0.3) is 0 Å². The second-order valence-corrected chi connectivity index (χ2v) is 6.86. The highest BCUT2D eigenvalue weighted by atomic mass is 32.2. The minimum absolute atomic E-state index is 0.196. The van der Waals surface area contributed by atoms with Crippen LogP contribution in [-0.4, -0.2) is 87.8 Å². The molecule has 0 heterocycles. The van der Waals surface area contributed by atoms with Crippen molar-refractivity contribution in [3.63, 3.8) is 0 Å². The molecule has 12 nitrogen and oxygen atoms in total. The van der Waals surface area contributed by atoms with E-state index in [1.54, 1.807) is 6.26 Å². The molecule has 13 heteroatoms. The van der Waals surface area contributed by atoms with Gasteiger partial charge in [0, 0.05) is 0 Å². The second-order valence-electron chi connectivity index (χ2n) is 5.87. The van der Waals surface area contributed by atoms with Gasteiger partial charge in [-0.3, -0.25) is 19.2 Å². The molecule has 4 unspecified atom stereocenters. The van der Waals surface area contributed by atoms with E-state index in [4.69, 9.17) is 21.1 Å². The summed E-state index contributed by atoms with van der Waals surface area (Å²) in [5.74, 6) is -4.99. The van der Waals surface area contributed by atoms with Gasteiger partial charge in [-0.25, -0.2) is 4.79 Å².